The van der Waals surface area contributed by atoms with Gasteiger partial charge >= 0.3 is 6.09 Å². The predicted octanol–water partition coefficient (Wildman–Crippen LogP) is 6.91. The number of carbonyl (C=O) groups is 3. The third kappa shape index (κ3) is 9.69. The van der Waals surface area contributed by atoms with Crippen LogP contribution in [0.15, 0.2) is 72.8 Å². The van der Waals surface area contributed by atoms with E-state index in [1.165, 1.54) is 24.3 Å². The highest BCUT2D eigenvalue weighted by Crippen LogP contribution is 2.31. The number of unbranched alkanes of at least 4 members (excludes halogenated alkanes) is 2. The van der Waals surface area contributed by atoms with Crippen LogP contribution in [0, 0.1) is 5.82 Å². The fraction of sp³-hybridized carbons (Fsp3) is 0.300. The van der Waals surface area contributed by atoms with Gasteiger partial charge in [0.15, 0.2) is 5.75 Å². The molecule has 0 aliphatic heterocycles. The maximum absolute atomic E-state index is 13.0. The maximum atomic E-state index is 13.0. The zero-order chi connectivity index (χ0) is 27.5. The maximum Gasteiger partial charge on any atom is 0.413 e. The first kappa shape index (κ1) is 28.4. The van der Waals surface area contributed by atoms with Crippen molar-refractivity contribution >= 4 is 29.3 Å². The molecule has 0 saturated heterocycles. The lowest BCUT2D eigenvalue weighted by molar-refractivity contribution is -0.116. The molecule has 0 spiro atoms. The van der Waals surface area contributed by atoms with Gasteiger partial charge in [0.05, 0.1) is 5.69 Å². The molecule has 3 N–H and O–H groups in total. The molecule has 3 aromatic rings. The second-order valence-electron chi connectivity index (χ2n) is 10.0. The Balaban J connectivity index is 1.54. The van der Waals surface area contributed by atoms with E-state index in [1.807, 2.05) is 57.2 Å². The van der Waals surface area contributed by atoms with Crippen LogP contribution in [0.25, 0.3) is 11.1 Å². The first-order valence-corrected chi connectivity index (χ1v) is 12.6. The standard InChI is InChI=1S/C30H34FN3O4/c1-30(2,3)34-29(37)38-26-19-14-22(21-10-6-4-7-11-21)20-25(26)33-28(36)13-9-5-8-12-27(35)32-24-17-15-23(31)16-18-24/h4,6-7,10-11,14-20H,5,8-9,12-13H2,1-3H3,(H,32,35)(H,33,36)(H,34,37). The van der Waals surface area contributed by atoms with E-state index in [0.29, 0.717) is 37.1 Å². The van der Waals surface area contributed by atoms with E-state index in [2.05, 4.69) is 16.0 Å². The lowest BCUT2D eigenvalue weighted by Gasteiger charge is -2.21. The number of halogens is 1. The highest BCUT2D eigenvalue weighted by molar-refractivity contribution is 5.94. The fourth-order valence-corrected chi connectivity index (χ4v) is 3.68. The van der Waals surface area contributed by atoms with E-state index < -0.39 is 11.6 Å². The number of hydrogen-bond donors (Lipinski definition) is 3. The normalized spacial score (nSPS) is 10.9. The van der Waals surface area contributed by atoms with Crippen LogP contribution in [-0.2, 0) is 9.59 Å². The lowest BCUT2D eigenvalue weighted by Crippen LogP contribution is -2.42. The first-order valence-electron chi connectivity index (χ1n) is 12.6. The molecule has 38 heavy (non-hydrogen) atoms. The largest absolute Gasteiger partial charge is 0.413 e. The van der Waals surface area contributed by atoms with Crippen molar-refractivity contribution < 1.29 is 23.5 Å². The second kappa shape index (κ2) is 13.4. The van der Waals surface area contributed by atoms with Gasteiger partial charge in [-0.15, -0.1) is 0 Å². The second-order valence-corrected chi connectivity index (χ2v) is 10.0. The Kier molecular flexibility index (Phi) is 9.99. The van der Waals surface area contributed by atoms with Gasteiger partial charge in [0.25, 0.3) is 0 Å². The number of ether oxygens (including phenoxy) is 1. The number of rotatable bonds is 10. The van der Waals surface area contributed by atoms with Crippen molar-refractivity contribution in [2.75, 3.05) is 10.6 Å². The van der Waals surface area contributed by atoms with Gasteiger partial charge in [-0.25, -0.2) is 9.18 Å². The molecule has 3 amide bonds. The number of benzene rings is 3. The summed E-state index contributed by atoms with van der Waals surface area (Å²) in [6.45, 7) is 5.55. The summed E-state index contributed by atoms with van der Waals surface area (Å²) in [4.78, 5) is 37.1. The first-order chi connectivity index (χ1) is 18.1. The summed E-state index contributed by atoms with van der Waals surface area (Å²) >= 11 is 0. The summed E-state index contributed by atoms with van der Waals surface area (Å²) in [7, 11) is 0. The number of nitrogens with one attached hydrogen (secondary N) is 3. The van der Waals surface area contributed by atoms with E-state index in [0.717, 1.165) is 11.1 Å². The molecular formula is C30H34FN3O4. The Labute approximate surface area is 222 Å². The third-order valence-corrected chi connectivity index (χ3v) is 5.48. The monoisotopic (exact) mass is 519 g/mol. The Hall–Kier alpha value is -4.20. The molecule has 0 unspecified atom stereocenters. The molecule has 0 aliphatic rings. The zero-order valence-electron chi connectivity index (χ0n) is 22.0. The highest BCUT2D eigenvalue weighted by Gasteiger charge is 2.18. The SMILES string of the molecule is CC(C)(C)NC(=O)Oc1ccc(-c2ccccc2)cc1NC(=O)CCCCCC(=O)Nc1ccc(F)cc1. The Morgan fingerprint density at radius 3 is 2.03 bits per heavy atom. The summed E-state index contributed by atoms with van der Waals surface area (Å²) in [6, 6.07) is 20.6. The van der Waals surface area contributed by atoms with Crippen LogP contribution >= 0.6 is 0 Å². The molecule has 8 heteroatoms. The van der Waals surface area contributed by atoms with Crippen molar-refractivity contribution in [1.82, 2.24) is 5.32 Å². The van der Waals surface area contributed by atoms with Crippen LogP contribution in [0.2, 0.25) is 0 Å². The van der Waals surface area contributed by atoms with Crippen molar-refractivity contribution in [3.8, 4) is 16.9 Å². The Morgan fingerprint density at radius 2 is 1.39 bits per heavy atom. The minimum Gasteiger partial charge on any atom is -0.408 e. The molecule has 0 saturated carbocycles. The van der Waals surface area contributed by atoms with Crippen molar-refractivity contribution in [3.05, 3.63) is 78.6 Å². The van der Waals surface area contributed by atoms with E-state index in [1.54, 1.807) is 12.1 Å². The molecule has 0 atom stereocenters. The molecule has 3 aromatic carbocycles. The average molecular weight is 520 g/mol. The molecule has 0 heterocycles. The zero-order valence-corrected chi connectivity index (χ0v) is 22.0. The van der Waals surface area contributed by atoms with Gasteiger partial charge in [0.1, 0.15) is 5.82 Å². The van der Waals surface area contributed by atoms with Crippen LogP contribution in [0.5, 0.6) is 5.75 Å². The minimum absolute atomic E-state index is 0.158. The third-order valence-electron chi connectivity index (χ3n) is 5.48. The van der Waals surface area contributed by atoms with Crippen LogP contribution in [0.4, 0.5) is 20.6 Å². The van der Waals surface area contributed by atoms with Crippen LogP contribution in [0.1, 0.15) is 52.9 Å². The molecule has 0 aromatic heterocycles. The molecule has 0 radical (unpaired) electrons. The number of amides is 3. The summed E-state index contributed by atoms with van der Waals surface area (Å²) in [5, 5.41) is 8.34. The fourth-order valence-electron chi connectivity index (χ4n) is 3.68. The predicted molar refractivity (Wildman–Crippen MR) is 148 cm³/mol. The van der Waals surface area contributed by atoms with Crippen molar-refractivity contribution in [2.45, 2.75) is 58.4 Å². The molecule has 0 aliphatic carbocycles. The molecule has 0 bridgehead atoms. The summed E-state index contributed by atoms with van der Waals surface area (Å²) in [5.74, 6) is -0.488. The van der Waals surface area contributed by atoms with Gasteiger partial charge in [-0.3, -0.25) is 9.59 Å². The van der Waals surface area contributed by atoms with Crippen LogP contribution < -0.4 is 20.7 Å². The molecule has 3 rings (SSSR count). The minimum atomic E-state index is -0.612. The highest BCUT2D eigenvalue weighted by atomic mass is 19.1. The number of carbonyl (C=O) groups excluding carboxylic acids is 3. The quantitative estimate of drug-likeness (QED) is 0.254. The van der Waals surface area contributed by atoms with E-state index in [-0.39, 0.29) is 29.8 Å². The van der Waals surface area contributed by atoms with E-state index >= 15 is 0 Å². The average Bonchev–Trinajstić information content (AvgIpc) is 2.85. The van der Waals surface area contributed by atoms with Gasteiger partial charge in [-0.2, -0.15) is 0 Å². The van der Waals surface area contributed by atoms with Crippen LogP contribution in [-0.4, -0.2) is 23.4 Å². The Morgan fingerprint density at radius 1 is 0.763 bits per heavy atom. The summed E-state index contributed by atoms with van der Waals surface area (Å²) in [6.07, 6.45) is 1.84. The molecule has 0 fully saturated rings. The van der Waals surface area contributed by atoms with Crippen molar-refractivity contribution in [3.63, 3.8) is 0 Å². The lowest BCUT2D eigenvalue weighted by atomic mass is 10.0. The summed E-state index contributed by atoms with van der Waals surface area (Å²) in [5.41, 5.74) is 2.31. The van der Waals surface area contributed by atoms with Gasteiger partial charge in [-0.05, 0) is 81.1 Å². The van der Waals surface area contributed by atoms with Crippen molar-refractivity contribution in [1.29, 1.82) is 0 Å². The smallest absolute Gasteiger partial charge is 0.408 e. The van der Waals surface area contributed by atoms with Crippen molar-refractivity contribution in [2.24, 2.45) is 0 Å². The van der Waals surface area contributed by atoms with Gasteiger partial charge < -0.3 is 20.7 Å². The van der Waals surface area contributed by atoms with E-state index in [4.69, 9.17) is 4.74 Å². The topological polar surface area (TPSA) is 96.5 Å². The van der Waals surface area contributed by atoms with Gasteiger partial charge in [-0.1, -0.05) is 42.8 Å². The molecular weight excluding hydrogens is 485 g/mol. The van der Waals surface area contributed by atoms with E-state index in [9.17, 15) is 18.8 Å². The summed E-state index contributed by atoms with van der Waals surface area (Å²) < 4.78 is 18.5. The number of hydrogen-bond acceptors (Lipinski definition) is 4. The Bertz CT molecular complexity index is 1240. The van der Waals surface area contributed by atoms with Crippen LogP contribution in [0.3, 0.4) is 0 Å². The molecule has 200 valence electrons. The number of anilines is 2. The molecule has 7 nitrogen and oxygen atoms in total. The van der Waals surface area contributed by atoms with Gasteiger partial charge in [0, 0.05) is 24.1 Å². The van der Waals surface area contributed by atoms with Gasteiger partial charge in [0.2, 0.25) is 11.8 Å².